The first kappa shape index (κ1) is 35.4. The van der Waals surface area contributed by atoms with E-state index in [1.54, 1.807) is 0 Å². The smallest absolute Gasteiger partial charge is 0.164 e. The standard InChI is InChI=1S/C57H39N3/c1-3-16-38(17-4-1)40-20-13-23-44(34-40)55-58-56(45-24-14-21-41(35-45)39-18-5-2-6-19-39)60-57(59-55)46-25-15-22-42(36-46)47-26-7-8-27-48(47)43-32-33-53-51-30-10-9-28-49(51)50-29-11-12-31-52(50)54(53)37-43/h1-5,7-18,20-37H,6,19H2. The Morgan fingerprint density at radius 2 is 0.733 bits per heavy atom. The largest absolute Gasteiger partial charge is 0.208 e. The van der Waals surface area contributed by atoms with Crippen molar-refractivity contribution < 1.29 is 0 Å². The SMILES string of the molecule is C1=CCCC(c2cccc(-c3nc(-c4cccc(-c5ccccc5)c4)nc(-c4cccc(-c5ccccc5-c5ccc6c7ccccc7c7ccccc7c6c5)c4)n3)c2)=C1. The predicted octanol–water partition coefficient (Wildman–Crippen LogP) is 15.1. The lowest BCUT2D eigenvalue weighted by molar-refractivity contribution is 1.05. The topological polar surface area (TPSA) is 38.7 Å². The number of fused-ring (bicyclic) bond motifs is 6. The zero-order chi connectivity index (χ0) is 39.8. The zero-order valence-electron chi connectivity index (χ0n) is 33.0. The van der Waals surface area contributed by atoms with E-state index in [1.807, 2.05) is 6.07 Å². The summed E-state index contributed by atoms with van der Waals surface area (Å²) in [5, 5.41) is 7.62. The van der Waals surface area contributed by atoms with Crippen molar-refractivity contribution in [1.29, 1.82) is 0 Å². The van der Waals surface area contributed by atoms with Crippen molar-refractivity contribution >= 4 is 37.9 Å². The number of benzene rings is 9. The second kappa shape index (κ2) is 15.2. The minimum atomic E-state index is 0.633. The molecule has 3 heteroatoms. The average molecular weight is 766 g/mol. The monoisotopic (exact) mass is 765 g/mol. The van der Waals surface area contributed by atoms with Gasteiger partial charge in [0.2, 0.25) is 0 Å². The highest BCUT2D eigenvalue weighted by atomic mass is 15.0. The van der Waals surface area contributed by atoms with Crippen LogP contribution in [0.1, 0.15) is 18.4 Å². The van der Waals surface area contributed by atoms with Gasteiger partial charge in [-0.2, -0.15) is 0 Å². The maximum Gasteiger partial charge on any atom is 0.164 e. The van der Waals surface area contributed by atoms with Gasteiger partial charge >= 0.3 is 0 Å². The maximum absolute atomic E-state index is 5.21. The van der Waals surface area contributed by atoms with Gasteiger partial charge < -0.3 is 0 Å². The van der Waals surface area contributed by atoms with Crippen molar-refractivity contribution in [3.05, 3.63) is 218 Å². The van der Waals surface area contributed by atoms with E-state index in [0.717, 1.165) is 51.8 Å². The lowest BCUT2D eigenvalue weighted by Crippen LogP contribution is -2.01. The quantitative estimate of drug-likeness (QED) is 0.152. The molecule has 1 aromatic heterocycles. The molecule has 1 aliphatic rings. The molecule has 0 radical (unpaired) electrons. The fourth-order valence-corrected chi connectivity index (χ4v) is 8.82. The number of rotatable bonds is 7. The summed E-state index contributed by atoms with van der Waals surface area (Å²) in [5.41, 5.74) is 12.2. The molecular formula is C57H39N3. The normalized spacial score (nSPS) is 12.6. The molecule has 10 aromatic rings. The minimum Gasteiger partial charge on any atom is -0.208 e. The van der Waals surface area contributed by atoms with Crippen LogP contribution in [-0.4, -0.2) is 15.0 Å². The van der Waals surface area contributed by atoms with E-state index in [2.05, 4.69) is 206 Å². The van der Waals surface area contributed by atoms with Gasteiger partial charge in [-0.15, -0.1) is 0 Å². The van der Waals surface area contributed by atoms with Crippen LogP contribution in [0.25, 0.3) is 105 Å². The van der Waals surface area contributed by atoms with E-state index >= 15 is 0 Å². The summed E-state index contributed by atoms with van der Waals surface area (Å²) in [6.45, 7) is 0. The fourth-order valence-electron chi connectivity index (χ4n) is 8.82. The number of nitrogens with zero attached hydrogens (tertiary/aromatic N) is 3. The highest BCUT2D eigenvalue weighted by Crippen LogP contribution is 2.40. The summed E-state index contributed by atoms with van der Waals surface area (Å²) in [6, 6.07) is 69.3. The molecule has 0 unspecified atom stereocenters. The molecule has 1 heterocycles. The Hall–Kier alpha value is -7.75. The van der Waals surface area contributed by atoms with Gasteiger partial charge in [-0.05, 0) is 114 Å². The van der Waals surface area contributed by atoms with Crippen LogP contribution in [0.2, 0.25) is 0 Å². The van der Waals surface area contributed by atoms with Gasteiger partial charge in [0.25, 0.3) is 0 Å². The van der Waals surface area contributed by atoms with Crippen LogP contribution in [0.15, 0.2) is 212 Å². The molecule has 3 nitrogen and oxygen atoms in total. The van der Waals surface area contributed by atoms with Gasteiger partial charge in [0.05, 0.1) is 0 Å². The number of hydrogen-bond donors (Lipinski definition) is 0. The third-order valence-electron chi connectivity index (χ3n) is 11.8. The lowest BCUT2D eigenvalue weighted by Gasteiger charge is -2.15. The number of aromatic nitrogens is 3. The first-order valence-corrected chi connectivity index (χ1v) is 20.7. The molecule has 0 N–H and O–H groups in total. The predicted molar refractivity (Wildman–Crippen MR) is 251 cm³/mol. The molecule has 0 saturated carbocycles. The van der Waals surface area contributed by atoms with E-state index in [1.165, 1.54) is 54.6 Å². The maximum atomic E-state index is 5.21. The van der Waals surface area contributed by atoms with Crippen molar-refractivity contribution in [1.82, 2.24) is 15.0 Å². The average Bonchev–Trinajstić information content (AvgIpc) is 3.34. The van der Waals surface area contributed by atoms with Gasteiger partial charge in [0, 0.05) is 16.7 Å². The molecule has 0 amide bonds. The van der Waals surface area contributed by atoms with Crippen LogP contribution in [0.3, 0.4) is 0 Å². The third kappa shape index (κ3) is 6.57. The molecular weight excluding hydrogens is 727 g/mol. The number of hydrogen-bond acceptors (Lipinski definition) is 3. The molecule has 0 spiro atoms. The summed E-state index contributed by atoms with van der Waals surface area (Å²) >= 11 is 0. The van der Waals surface area contributed by atoms with Crippen LogP contribution in [-0.2, 0) is 0 Å². The third-order valence-corrected chi connectivity index (χ3v) is 11.8. The van der Waals surface area contributed by atoms with Gasteiger partial charge in [-0.3, -0.25) is 0 Å². The Kier molecular flexibility index (Phi) is 8.98. The van der Waals surface area contributed by atoms with Crippen LogP contribution in [0.4, 0.5) is 0 Å². The van der Waals surface area contributed by atoms with Gasteiger partial charge in [0.15, 0.2) is 17.5 Å². The Morgan fingerprint density at radius 3 is 1.32 bits per heavy atom. The van der Waals surface area contributed by atoms with Gasteiger partial charge in [-0.25, -0.2) is 15.0 Å². The Bertz CT molecular complexity index is 3290. The summed E-state index contributed by atoms with van der Waals surface area (Å²) in [5.74, 6) is 1.92. The first-order valence-electron chi connectivity index (χ1n) is 20.7. The van der Waals surface area contributed by atoms with Gasteiger partial charge in [0.1, 0.15) is 0 Å². The van der Waals surface area contributed by atoms with Crippen molar-refractivity contribution in [2.24, 2.45) is 0 Å². The summed E-state index contributed by atoms with van der Waals surface area (Å²) < 4.78 is 0. The molecule has 0 bridgehead atoms. The van der Waals surface area contributed by atoms with E-state index in [0.29, 0.717) is 17.5 Å². The molecule has 1 aliphatic carbocycles. The van der Waals surface area contributed by atoms with E-state index in [4.69, 9.17) is 15.0 Å². The summed E-state index contributed by atoms with van der Waals surface area (Å²) in [4.78, 5) is 15.6. The molecule has 11 rings (SSSR count). The molecule has 9 aromatic carbocycles. The van der Waals surface area contributed by atoms with Crippen molar-refractivity contribution in [3.63, 3.8) is 0 Å². The van der Waals surface area contributed by atoms with E-state index in [-0.39, 0.29) is 0 Å². The fraction of sp³-hybridized carbons (Fsp3) is 0.0351. The summed E-state index contributed by atoms with van der Waals surface area (Å²) in [6.07, 6.45) is 8.65. The van der Waals surface area contributed by atoms with Crippen LogP contribution >= 0.6 is 0 Å². The Balaban J connectivity index is 1.04. The molecule has 0 atom stereocenters. The second-order valence-corrected chi connectivity index (χ2v) is 15.5. The van der Waals surface area contributed by atoms with Crippen molar-refractivity contribution in [3.8, 4) is 67.5 Å². The van der Waals surface area contributed by atoms with Gasteiger partial charge in [-0.1, -0.05) is 188 Å². The lowest BCUT2D eigenvalue weighted by atomic mass is 9.89. The summed E-state index contributed by atoms with van der Waals surface area (Å²) in [7, 11) is 0. The highest BCUT2D eigenvalue weighted by molar-refractivity contribution is 6.25. The Morgan fingerprint density at radius 1 is 0.300 bits per heavy atom. The van der Waals surface area contributed by atoms with Crippen LogP contribution in [0, 0.1) is 0 Å². The molecule has 60 heavy (non-hydrogen) atoms. The van der Waals surface area contributed by atoms with E-state index in [9.17, 15) is 0 Å². The minimum absolute atomic E-state index is 0.633. The Labute approximate surface area is 349 Å². The van der Waals surface area contributed by atoms with Crippen LogP contribution < -0.4 is 0 Å². The van der Waals surface area contributed by atoms with E-state index < -0.39 is 0 Å². The first-order chi connectivity index (χ1) is 29.7. The van der Waals surface area contributed by atoms with Crippen molar-refractivity contribution in [2.75, 3.05) is 0 Å². The molecule has 0 fully saturated rings. The molecule has 0 aliphatic heterocycles. The number of allylic oxidation sites excluding steroid dienone is 4. The highest BCUT2D eigenvalue weighted by Gasteiger charge is 2.17. The van der Waals surface area contributed by atoms with Crippen molar-refractivity contribution in [2.45, 2.75) is 12.8 Å². The molecule has 282 valence electrons. The molecule has 0 saturated heterocycles. The zero-order valence-corrected chi connectivity index (χ0v) is 33.0. The second-order valence-electron chi connectivity index (χ2n) is 15.5. The van der Waals surface area contributed by atoms with Crippen LogP contribution in [0.5, 0.6) is 0 Å².